The van der Waals surface area contributed by atoms with Crippen molar-refractivity contribution in [2.75, 3.05) is 13.7 Å². The van der Waals surface area contributed by atoms with Gasteiger partial charge < -0.3 is 20.4 Å². The Kier molecular flexibility index (Phi) is 4.54. The number of aromatic nitrogens is 2. The van der Waals surface area contributed by atoms with Crippen LogP contribution >= 0.6 is 0 Å². The lowest BCUT2D eigenvalue weighted by molar-refractivity contribution is -0.125. The lowest BCUT2D eigenvalue weighted by Gasteiger charge is -2.15. The molecule has 1 unspecified atom stereocenters. The van der Waals surface area contributed by atoms with E-state index in [4.69, 9.17) is 10.5 Å². The molecule has 1 atom stereocenters. The van der Waals surface area contributed by atoms with Gasteiger partial charge in [-0.2, -0.15) is 0 Å². The molecule has 1 aromatic carbocycles. The van der Waals surface area contributed by atoms with Crippen molar-refractivity contribution in [3.8, 4) is 0 Å². The maximum atomic E-state index is 11.6. The van der Waals surface area contributed by atoms with Gasteiger partial charge in [-0.25, -0.2) is 4.98 Å². The van der Waals surface area contributed by atoms with Crippen molar-refractivity contribution in [2.24, 2.45) is 5.73 Å². The van der Waals surface area contributed by atoms with Gasteiger partial charge in [-0.05, 0) is 19.1 Å². The van der Waals surface area contributed by atoms with E-state index >= 15 is 0 Å². The number of benzene rings is 1. The van der Waals surface area contributed by atoms with E-state index in [0.717, 1.165) is 11.0 Å². The number of methoxy groups -OCH3 is 1. The van der Waals surface area contributed by atoms with Crippen LogP contribution in [0, 0.1) is 0 Å². The van der Waals surface area contributed by atoms with E-state index in [1.54, 1.807) is 11.5 Å². The summed E-state index contributed by atoms with van der Waals surface area (Å²) in [6.45, 7) is 1.78. The zero-order chi connectivity index (χ0) is 15.4. The van der Waals surface area contributed by atoms with Crippen molar-refractivity contribution in [3.05, 3.63) is 30.1 Å². The van der Waals surface area contributed by atoms with Crippen LogP contribution in [0.2, 0.25) is 0 Å². The fraction of sp³-hybridized carbons (Fsp3) is 0.357. The number of carbonyl (C=O) groups excluding carboxylic acids is 2. The largest absolute Gasteiger partial charge is 0.375 e. The number of amides is 2. The predicted molar refractivity (Wildman–Crippen MR) is 77.4 cm³/mol. The molecule has 0 bridgehead atoms. The van der Waals surface area contributed by atoms with E-state index in [0.29, 0.717) is 5.82 Å². The van der Waals surface area contributed by atoms with Crippen LogP contribution < -0.4 is 11.1 Å². The number of primary amides is 1. The maximum absolute atomic E-state index is 11.6. The Balaban J connectivity index is 2.37. The highest BCUT2D eigenvalue weighted by Gasteiger charge is 2.19. The molecule has 7 nitrogen and oxygen atoms in total. The van der Waals surface area contributed by atoms with Gasteiger partial charge in [-0.3, -0.25) is 9.59 Å². The van der Waals surface area contributed by atoms with Crippen LogP contribution in [0.15, 0.2) is 24.3 Å². The first-order valence-corrected chi connectivity index (χ1v) is 6.54. The van der Waals surface area contributed by atoms with Crippen molar-refractivity contribution in [1.29, 1.82) is 0 Å². The molecule has 0 aliphatic carbocycles. The second-order valence-electron chi connectivity index (χ2n) is 4.73. The highest BCUT2D eigenvalue weighted by molar-refractivity contribution is 5.81. The van der Waals surface area contributed by atoms with Crippen LogP contribution in [-0.2, 0) is 20.9 Å². The van der Waals surface area contributed by atoms with Crippen LogP contribution in [0.5, 0.6) is 0 Å². The summed E-state index contributed by atoms with van der Waals surface area (Å²) in [5.74, 6) is -0.128. The summed E-state index contributed by atoms with van der Waals surface area (Å²) >= 11 is 0. The zero-order valence-electron chi connectivity index (χ0n) is 12.0. The third-order valence-electron chi connectivity index (χ3n) is 3.04. The molecule has 0 aliphatic rings. The molecule has 0 saturated carbocycles. The lowest BCUT2D eigenvalue weighted by Crippen LogP contribution is -2.32. The number of para-hydroxylation sites is 2. The first kappa shape index (κ1) is 15.0. The fourth-order valence-electron chi connectivity index (χ4n) is 2.23. The Labute approximate surface area is 122 Å². The van der Waals surface area contributed by atoms with Gasteiger partial charge in [0, 0.05) is 7.11 Å². The van der Waals surface area contributed by atoms with Crippen molar-refractivity contribution in [2.45, 2.75) is 19.5 Å². The smallest absolute Gasteiger partial charge is 0.246 e. The maximum Gasteiger partial charge on any atom is 0.246 e. The number of carbonyl (C=O) groups is 2. The van der Waals surface area contributed by atoms with Gasteiger partial charge >= 0.3 is 0 Å². The molecule has 0 radical (unpaired) electrons. The first-order valence-electron chi connectivity index (χ1n) is 6.54. The summed E-state index contributed by atoms with van der Waals surface area (Å²) in [6.07, 6.45) is 0. The molecule has 1 heterocycles. The molecule has 0 saturated heterocycles. The average molecular weight is 290 g/mol. The second kappa shape index (κ2) is 6.36. The number of imidazole rings is 1. The van der Waals surface area contributed by atoms with Crippen molar-refractivity contribution >= 4 is 22.8 Å². The van der Waals surface area contributed by atoms with E-state index in [1.807, 2.05) is 24.3 Å². The van der Waals surface area contributed by atoms with Gasteiger partial charge in [-0.15, -0.1) is 0 Å². The minimum atomic E-state index is -0.463. The summed E-state index contributed by atoms with van der Waals surface area (Å²) in [4.78, 5) is 27.4. The summed E-state index contributed by atoms with van der Waals surface area (Å²) in [6, 6.07) is 7.07. The van der Waals surface area contributed by atoms with Crippen LogP contribution in [-0.4, -0.2) is 35.1 Å². The van der Waals surface area contributed by atoms with Gasteiger partial charge in [0.2, 0.25) is 11.8 Å². The molecule has 112 valence electrons. The molecular weight excluding hydrogens is 272 g/mol. The molecule has 2 aromatic rings. The molecule has 1 aromatic heterocycles. The molecule has 0 aliphatic heterocycles. The number of hydrogen-bond donors (Lipinski definition) is 2. The number of rotatable bonds is 6. The molecule has 3 N–H and O–H groups in total. The van der Waals surface area contributed by atoms with Gasteiger partial charge in [0.15, 0.2) is 0 Å². The number of hydrogen-bond acceptors (Lipinski definition) is 4. The monoisotopic (exact) mass is 290 g/mol. The topological polar surface area (TPSA) is 99.2 Å². The molecule has 0 fully saturated rings. The van der Waals surface area contributed by atoms with E-state index in [1.165, 1.54) is 7.11 Å². The Morgan fingerprint density at radius 3 is 2.81 bits per heavy atom. The Morgan fingerprint density at radius 2 is 2.14 bits per heavy atom. The average Bonchev–Trinajstić information content (AvgIpc) is 2.77. The van der Waals surface area contributed by atoms with Gasteiger partial charge in [0.1, 0.15) is 19.0 Å². The van der Waals surface area contributed by atoms with Crippen LogP contribution in [0.4, 0.5) is 0 Å². The number of nitrogens with zero attached hydrogens (tertiary/aromatic N) is 2. The second-order valence-corrected chi connectivity index (χ2v) is 4.73. The minimum absolute atomic E-state index is 0.0142. The SMILES string of the molecule is COCC(=O)NC(C)c1nc2ccccc2n1CC(N)=O. The van der Waals surface area contributed by atoms with Crippen molar-refractivity contribution < 1.29 is 14.3 Å². The summed E-state index contributed by atoms with van der Waals surface area (Å²) in [7, 11) is 1.45. The van der Waals surface area contributed by atoms with Gasteiger partial charge in [0.25, 0.3) is 0 Å². The van der Waals surface area contributed by atoms with Gasteiger partial charge in [-0.1, -0.05) is 12.1 Å². The van der Waals surface area contributed by atoms with Crippen LogP contribution in [0.25, 0.3) is 11.0 Å². The lowest BCUT2D eigenvalue weighted by atomic mass is 10.3. The standard InChI is InChI=1S/C14H18N4O3/c1-9(16-13(20)8-21-2)14-17-10-5-3-4-6-11(10)18(14)7-12(15)19/h3-6,9H,7-8H2,1-2H3,(H2,15,19)(H,16,20). The molecule has 0 spiro atoms. The highest BCUT2D eigenvalue weighted by Crippen LogP contribution is 2.20. The Hall–Kier alpha value is -2.41. The predicted octanol–water partition coefficient (Wildman–Crippen LogP) is 0.345. The Bertz CT molecular complexity index is 665. The third kappa shape index (κ3) is 3.38. The highest BCUT2D eigenvalue weighted by atomic mass is 16.5. The van der Waals surface area contributed by atoms with Crippen molar-refractivity contribution in [3.63, 3.8) is 0 Å². The molecule has 2 rings (SSSR count). The molecule has 7 heteroatoms. The quantitative estimate of drug-likeness (QED) is 0.801. The third-order valence-corrected chi connectivity index (χ3v) is 3.04. The van der Waals surface area contributed by atoms with E-state index in [-0.39, 0.29) is 25.1 Å². The first-order chi connectivity index (χ1) is 10.0. The Morgan fingerprint density at radius 1 is 1.43 bits per heavy atom. The minimum Gasteiger partial charge on any atom is -0.375 e. The van der Waals surface area contributed by atoms with Crippen LogP contribution in [0.3, 0.4) is 0 Å². The number of ether oxygens (including phenoxy) is 1. The molecule has 21 heavy (non-hydrogen) atoms. The fourth-order valence-corrected chi connectivity index (χ4v) is 2.23. The summed E-state index contributed by atoms with van der Waals surface area (Å²) in [5.41, 5.74) is 6.85. The molecular formula is C14H18N4O3. The van der Waals surface area contributed by atoms with Crippen molar-refractivity contribution in [1.82, 2.24) is 14.9 Å². The summed E-state index contributed by atoms with van der Waals surface area (Å²) in [5, 5.41) is 2.77. The molecule has 2 amide bonds. The number of nitrogens with one attached hydrogen (secondary N) is 1. The number of fused-ring (bicyclic) bond motifs is 1. The van der Waals surface area contributed by atoms with E-state index < -0.39 is 5.91 Å². The van der Waals surface area contributed by atoms with Gasteiger partial charge in [0.05, 0.1) is 17.1 Å². The zero-order valence-corrected chi connectivity index (χ0v) is 12.0. The normalized spacial score (nSPS) is 12.3. The van der Waals surface area contributed by atoms with E-state index in [2.05, 4.69) is 10.3 Å². The summed E-state index contributed by atoms with van der Waals surface area (Å²) < 4.78 is 6.50. The number of nitrogens with two attached hydrogens (primary N) is 1. The van der Waals surface area contributed by atoms with Crippen LogP contribution in [0.1, 0.15) is 18.8 Å². The van der Waals surface area contributed by atoms with E-state index in [9.17, 15) is 9.59 Å².